The molecule has 1 aromatic rings. The average Bonchev–Trinajstić information content (AvgIpc) is 2.52. The predicted octanol–water partition coefficient (Wildman–Crippen LogP) is 1.33. The van der Waals surface area contributed by atoms with E-state index in [9.17, 15) is 14.4 Å². The van der Waals surface area contributed by atoms with Crippen molar-refractivity contribution in [1.82, 2.24) is 10.2 Å². The number of rotatable bonds is 8. The molecule has 1 aromatic carbocycles. The van der Waals surface area contributed by atoms with Crippen molar-refractivity contribution in [1.29, 1.82) is 0 Å². The van der Waals surface area contributed by atoms with Crippen LogP contribution in [-0.4, -0.2) is 59.4 Å². The maximum Gasteiger partial charge on any atom is 0.313 e. The molecular weight excluding hydrogens is 304 g/mol. The molecule has 120 valence electrons. The molecule has 2 amide bonds. The predicted molar refractivity (Wildman–Crippen MR) is 86.4 cm³/mol. The lowest BCUT2D eigenvalue weighted by molar-refractivity contribution is -0.133. The fourth-order valence-corrected chi connectivity index (χ4v) is 2.22. The maximum atomic E-state index is 12.0. The number of nitrogens with zero attached hydrogens (tertiary/aromatic N) is 1. The Morgan fingerprint density at radius 1 is 1.27 bits per heavy atom. The molecule has 22 heavy (non-hydrogen) atoms. The van der Waals surface area contributed by atoms with Crippen molar-refractivity contribution in [2.75, 3.05) is 31.6 Å². The molecule has 7 heteroatoms. The van der Waals surface area contributed by atoms with Gasteiger partial charge in [0.2, 0.25) is 0 Å². The number of nitrogens with one attached hydrogen (secondary N) is 1. The fourth-order valence-electron chi connectivity index (χ4n) is 1.66. The molecule has 0 saturated carbocycles. The summed E-state index contributed by atoms with van der Waals surface area (Å²) in [5.41, 5.74) is 0.885. The van der Waals surface area contributed by atoms with Crippen LogP contribution in [0.5, 0.6) is 0 Å². The summed E-state index contributed by atoms with van der Waals surface area (Å²) in [5.74, 6) is -0.736. The van der Waals surface area contributed by atoms with Gasteiger partial charge in [0, 0.05) is 37.0 Å². The van der Waals surface area contributed by atoms with E-state index in [4.69, 9.17) is 5.11 Å². The van der Waals surface area contributed by atoms with Gasteiger partial charge in [-0.05, 0) is 25.1 Å². The van der Waals surface area contributed by atoms with Gasteiger partial charge in [-0.25, -0.2) is 0 Å². The molecular formula is C15H20N2O4S. The lowest BCUT2D eigenvalue weighted by atomic mass is 10.1. The molecule has 0 fully saturated rings. The summed E-state index contributed by atoms with van der Waals surface area (Å²) < 4.78 is 0. The number of carboxylic acid groups (broad SMARTS) is 1. The van der Waals surface area contributed by atoms with E-state index < -0.39 is 5.97 Å². The van der Waals surface area contributed by atoms with Crippen LogP contribution in [0.15, 0.2) is 24.3 Å². The highest BCUT2D eigenvalue weighted by molar-refractivity contribution is 7.99. The van der Waals surface area contributed by atoms with Crippen LogP contribution in [0.1, 0.15) is 27.6 Å². The van der Waals surface area contributed by atoms with E-state index >= 15 is 0 Å². The van der Waals surface area contributed by atoms with Crippen molar-refractivity contribution in [3.05, 3.63) is 35.4 Å². The second-order valence-electron chi connectivity index (χ2n) is 4.60. The second kappa shape index (κ2) is 9.09. The third kappa shape index (κ3) is 5.77. The van der Waals surface area contributed by atoms with Gasteiger partial charge in [0.1, 0.15) is 0 Å². The molecule has 6 nitrogen and oxygen atoms in total. The van der Waals surface area contributed by atoms with Gasteiger partial charge in [0.25, 0.3) is 11.8 Å². The summed E-state index contributed by atoms with van der Waals surface area (Å²) in [7, 11) is 1.70. The van der Waals surface area contributed by atoms with Crippen molar-refractivity contribution in [2.45, 2.75) is 6.92 Å². The van der Waals surface area contributed by atoms with Gasteiger partial charge in [-0.15, -0.1) is 11.8 Å². The van der Waals surface area contributed by atoms with Crippen molar-refractivity contribution in [3.8, 4) is 0 Å². The summed E-state index contributed by atoms with van der Waals surface area (Å²) in [6.07, 6.45) is 0. The second-order valence-corrected chi connectivity index (χ2v) is 5.71. The molecule has 2 N–H and O–H groups in total. The van der Waals surface area contributed by atoms with E-state index in [0.717, 1.165) is 0 Å². The first-order chi connectivity index (χ1) is 10.5. The molecule has 0 saturated heterocycles. The standard InChI is InChI=1S/C15H20N2O4S/c1-3-17(2)15(21)12-6-4-5-11(9-12)14(20)16-7-8-22-10-13(18)19/h4-6,9H,3,7-8,10H2,1-2H3,(H,16,20)(H,18,19). The van der Waals surface area contributed by atoms with Crippen LogP contribution in [0.4, 0.5) is 0 Å². The number of benzene rings is 1. The molecule has 0 bridgehead atoms. The van der Waals surface area contributed by atoms with Crippen LogP contribution in [-0.2, 0) is 4.79 Å². The highest BCUT2D eigenvalue weighted by atomic mass is 32.2. The van der Waals surface area contributed by atoms with Gasteiger partial charge in [-0.3, -0.25) is 14.4 Å². The van der Waals surface area contributed by atoms with Gasteiger partial charge in [0.05, 0.1) is 5.75 Å². The monoisotopic (exact) mass is 324 g/mol. The minimum Gasteiger partial charge on any atom is -0.481 e. The van der Waals surface area contributed by atoms with Crippen LogP contribution in [0.25, 0.3) is 0 Å². The zero-order valence-corrected chi connectivity index (χ0v) is 13.5. The van der Waals surface area contributed by atoms with Crippen molar-refractivity contribution in [3.63, 3.8) is 0 Å². The molecule has 0 aliphatic rings. The van der Waals surface area contributed by atoms with E-state index in [1.165, 1.54) is 11.8 Å². The number of carbonyl (C=O) groups excluding carboxylic acids is 2. The third-order valence-corrected chi connectivity index (χ3v) is 3.89. The Hall–Kier alpha value is -2.02. The summed E-state index contributed by atoms with van der Waals surface area (Å²) in [5, 5.41) is 11.2. The Balaban J connectivity index is 2.56. The normalized spacial score (nSPS) is 10.1. The SMILES string of the molecule is CCN(C)C(=O)c1cccc(C(=O)NCCSCC(=O)O)c1. The van der Waals surface area contributed by atoms with Gasteiger partial charge < -0.3 is 15.3 Å². The van der Waals surface area contributed by atoms with Gasteiger partial charge in [-0.2, -0.15) is 0 Å². The number of carbonyl (C=O) groups is 3. The van der Waals surface area contributed by atoms with E-state index in [1.54, 1.807) is 36.2 Å². The number of carboxylic acids is 1. The van der Waals surface area contributed by atoms with Crippen molar-refractivity contribution >= 4 is 29.5 Å². The minimum atomic E-state index is -0.873. The summed E-state index contributed by atoms with van der Waals surface area (Å²) in [4.78, 5) is 36.0. The summed E-state index contributed by atoms with van der Waals surface area (Å²) in [6, 6.07) is 6.55. The Morgan fingerprint density at radius 3 is 2.59 bits per heavy atom. The van der Waals surface area contributed by atoms with E-state index in [0.29, 0.717) is 30.0 Å². The molecule has 0 aromatic heterocycles. The van der Waals surface area contributed by atoms with Crippen molar-refractivity contribution < 1.29 is 19.5 Å². The number of thioether (sulfide) groups is 1. The van der Waals surface area contributed by atoms with Gasteiger partial charge >= 0.3 is 5.97 Å². The van der Waals surface area contributed by atoms with Crippen LogP contribution in [0.2, 0.25) is 0 Å². The Morgan fingerprint density at radius 2 is 1.95 bits per heavy atom. The first-order valence-electron chi connectivity index (χ1n) is 6.89. The van der Waals surface area contributed by atoms with Crippen LogP contribution >= 0.6 is 11.8 Å². The summed E-state index contributed by atoms with van der Waals surface area (Å²) in [6.45, 7) is 2.85. The highest BCUT2D eigenvalue weighted by Gasteiger charge is 2.12. The fraction of sp³-hybridized carbons (Fsp3) is 0.400. The average molecular weight is 324 g/mol. The molecule has 0 heterocycles. The Kier molecular flexibility index (Phi) is 7.45. The molecule has 0 aliphatic carbocycles. The minimum absolute atomic E-state index is 0.0171. The Labute approximate surface area is 133 Å². The molecule has 0 unspecified atom stereocenters. The third-order valence-electron chi connectivity index (χ3n) is 2.95. The maximum absolute atomic E-state index is 12.0. The van der Waals surface area contributed by atoms with Gasteiger partial charge in [0.15, 0.2) is 0 Å². The zero-order chi connectivity index (χ0) is 16.5. The van der Waals surface area contributed by atoms with Crippen LogP contribution < -0.4 is 5.32 Å². The molecule has 0 atom stereocenters. The lowest BCUT2D eigenvalue weighted by Gasteiger charge is -2.14. The molecule has 0 aliphatic heterocycles. The molecule has 0 spiro atoms. The quantitative estimate of drug-likeness (QED) is 0.705. The Bertz CT molecular complexity index is 548. The summed E-state index contributed by atoms with van der Waals surface area (Å²) >= 11 is 1.24. The zero-order valence-electron chi connectivity index (χ0n) is 12.7. The van der Waals surface area contributed by atoms with Crippen LogP contribution in [0, 0.1) is 0 Å². The first kappa shape index (κ1) is 18.0. The van der Waals surface area contributed by atoms with E-state index in [2.05, 4.69) is 5.32 Å². The largest absolute Gasteiger partial charge is 0.481 e. The number of aliphatic carboxylic acids is 1. The van der Waals surface area contributed by atoms with Crippen LogP contribution in [0.3, 0.4) is 0 Å². The number of amides is 2. The van der Waals surface area contributed by atoms with Gasteiger partial charge in [-0.1, -0.05) is 6.07 Å². The molecule has 1 rings (SSSR count). The van der Waals surface area contributed by atoms with Crippen molar-refractivity contribution in [2.24, 2.45) is 0 Å². The van der Waals surface area contributed by atoms with E-state index in [1.807, 2.05) is 6.92 Å². The number of hydrogen-bond donors (Lipinski definition) is 2. The smallest absolute Gasteiger partial charge is 0.313 e. The first-order valence-corrected chi connectivity index (χ1v) is 8.04. The number of hydrogen-bond acceptors (Lipinski definition) is 4. The van der Waals surface area contributed by atoms with E-state index in [-0.39, 0.29) is 17.6 Å². The lowest BCUT2D eigenvalue weighted by Crippen LogP contribution is -2.28. The topological polar surface area (TPSA) is 86.7 Å². The highest BCUT2D eigenvalue weighted by Crippen LogP contribution is 2.08. The molecule has 0 radical (unpaired) electrons.